The Bertz CT molecular complexity index is 707. The van der Waals surface area contributed by atoms with Crippen molar-refractivity contribution in [1.82, 2.24) is 4.90 Å². The van der Waals surface area contributed by atoms with Crippen molar-refractivity contribution < 1.29 is 14.3 Å². The molecule has 6 heteroatoms. The van der Waals surface area contributed by atoms with E-state index in [0.717, 1.165) is 6.54 Å². The van der Waals surface area contributed by atoms with Gasteiger partial charge in [0.25, 0.3) is 0 Å². The predicted molar refractivity (Wildman–Crippen MR) is 101 cm³/mol. The normalized spacial score (nSPS) is 10.6. The SMILES string of the molecule is COc1cc(NC(=O)CCN(C)Cc2ccccc2)c(OC)cc1Cl. The van der Waals surface area contributed by atoms with Crippen LogP contribution in [0.25, 0.3) is 0 Å². The number of nitrogens with one attached hydrogen (secondary N) is 1. The van der Waals surface area contributed by atoms with Crippen molar-refractivity contribution in [2.45, 2.75) is 13.0 Å². The van der Waals surface area contributed by atoms with Gasteiger partial charge in [0.05, 0.1) is 24.9 Å². The lowest BCUT2D eigenvalue weighted by Crippen LogP contribution is -2.24. The van der Waals surface area contributed by atoms with Crippen molar-refractivity contribution in [1.29, 1.82) is 0 Å². The lowest BCUT2D eigenvalue weighted by molar-refractivity contribution is -0.116. The zero-order valence-electron chi connectivity index (χ0n) is 14.7. The summed E-state index contributed by atoms with van der Waals surface area (Å²) >= 11 is 6.07. The van der Waals surface area contributed by atoms with Crippen LogP contribution < -0.4 is 14.8 Å². The zero-order chi connectivity index (χ0) is 18.2. The summed E-state index contributed by atoms with van der Waals surface area (Å²) in [5.41, 5.74) is 1.76. The van der Waals surface area contributed by atoms with Gasteiger partial charge in [-0.25, -0.2) is 0 Å². The average Bonchev–Trinajstić information content (AvgIpc) is 2.62. The fourth-order valence-corrected chi connectivity index (χ4v) is 2.67. The summed E-state index contributed by atoms with van der Waals surface area (Å²) in [6.45, 7) is 1.44. The van der Waals surface area contributed by atoms with Gasteiger partial charge in [0, 0.05) is 31.6 Å². The molecule has 0 saturated heterocycles. The summed E-state index contributed by atoms with van der Waals surface area (Å²) in [7, 11) is 5.05. The minimum Gasteiger partial charge on any atom is -0.495 e. The van der Waals surface area contributed by atoms with Gasteiger partial charge in [-0.2, -0.15) is 0 Å². The van der Waals surface area contributed by atoms with E-state index < -0.39 is 0 Å². The van der Waals surface area contributed by atoms with Gasteiger partial charge in [-0.05, 0) is 12.6 Å². The summed E-state index contributed by atoms with van der Waals surface area (Å²) in [5, 5.41) is 3.28. The number of rotatable bonds is 8. The first-order valence-corrected chi connectivity index (χ1v) is 8.35. The second-order valence-electron chi connectivity index (χ2n) is 5.71. The van der Waals surface area contributed by atoms with E-state index in [9.17, 15) is 4.79 Å². The number of halogens is 1. The number of amides is 1. The molecule has 2 aromatic rings. The molecule has 0 aliphatic heterocycles. The average molecular weight is 363 g/mol. The van der Waals surface area contributed by atoms with Crippen LogP contribution in [0.15, 0.2) is 42.5 Å². The minimum atomic E-state index is -0.0948. The highest BCUT2D eigenvalue weighted by atomic mass is 35.5. The molecule has 0 heterocycles. The van der Waals surface area contributed by atoms with Crippen molar-refractivity contribution in [2.75, 3.05) is 33.1 Å². The third-order valence-electron chi connectivity index (χ3n) is 3.76. The van der Waals surface area contributed by atoms with Crippen molar-refractivity contribution >= 4 is 23.2 Å². The van der Waals surface area contributed by atoms with Gasteiger partial charge in [0.2, 0.25) is 5.91 Å². The topological polar surface area (TPSA) is 50.8 Å². The van der Waals surface area contributed by atoms with Crippen LogP contribution in [-0.2, 0) is 11.3 Å². The molecule has 0 aromatic heterocycles. The summed E-state index contributed by atoms with van der Waals surface area (Å²) in [6, 6.07) is 13.4. The third-order valence-corrected chi connectivity index (χ3v) is 4.06. The molecule has 2 rings (SSSR count). The summed E-state index contributed by atoms with van der Waals surface area (Å²) in [6.07, 6.45) is 0.372. The van der Waals surface area contributed by atoms with Crippen molar-refractivity contribution in [3.8, 4) is 11.5 Å². The van der Waals surface area contributed by atoms with Crippen LogP contribution in [0.3, 0.4) is 0 Å². The molecule has 0 radical (unpaired) electrons. The van der Waals surface area contributed by atoms with Gasteiger partial charge in [-0.15, -0.1) is 0 Å². The maximum Gasteiger partial charge on any atom is 0.225 e. The number of methoxy groups -OCH3 is 2. The molecule has 1 amide bonds. The van der Waals surface area contributed by atoms with E-state index in [-0.39, 0.29) is 5.91 Å². The van der Waals surface area contributed by atoms with E-state index in [0.29, 0.717) is 35.2 Å². The van der Waals surface area contributed by atoms with Crippen molar-refractivity contribution in [3.05, 3.63) is 53.1 Å². The Balaban J connectivity index is 1.91. The molecule has 0 unspecified atom stereocenters. The van der Waals surface area contributed by atoms with E-state index in [1.165, 1.54) is 19.8 Å². The van der Waals surface area contributed by atoms with Gasteiger partial charge < -0.3 is 19.7 Å². The highest BCUT2D eigenvalue weighted by Gasteiger charge is 2.13. The molecule has 0 aliphatic carbocycles. The van der Waals surface area contributed by atoms with Gasteiger partial charge in [0.15, 0.2) is 0 Å². The number of carbonyl (C=O) groups excluding carboxylic acids is 1. The number of anilines is 1. The Morgan fingerprint density at radius 1 is 1.12 bits per heavy atom. The molecule has 0 spiro atoms. The summed E-state index contributed by atoms with van der Waals surface area (Å²) in [4.78, 5) is 14.4. The number of carbonyl (C=O) groups is 1. The van der Waals surface area contributed by atoms with E-state index in [1.54, 1.807) is 12.1 Å². The largest absolute Gasteiger partial charge is 0.495 e. The molecule has 25 heavy (non-hydrogen) atoms. The van der Waals surface area contributed by atoms with E-state index in [4.69, 9.17) is 21.1 Å². The van der Waals surface area contributed by atoms with Crippen LogP contribution in [0.1, 0.15) is 12.0 Å². The van der Waals surface area contributed by atoms with Crippen molar-refractivity contribution in [2.24, 2.45) is 0 Å². The van der Waals surface area contributed by atoms with E-state index in [1.807, 2.05) is 25.2 Å². The molecule has 0 aliphatic rings. The molecule has 2 aromatic carbocycles. The maximum absolute atomic E-state index is 12.3. The number of nitrogens with zero attached hydrogens (tertiary/aromatic N) is 1. The van der Waals surface area contributed by atoms with Crippen LogP contribution in [0.4, 0.5) is 5.69 Å². The Hall–Kier alpha value is -2.24. The maximum atomic E-state index is 12.3. The molecule has 0 bridgehead atoms. The smallest absolute Gasteiger partial charge is 0.225 e. The number of ether oxygens (including phenoxy) is 2. The number of hydrogen-bond acceptors (Lipinski definition) is 4. The Morgan fingerprint density at radius 3 is 2.44 bits per heavy atom. The lowest BCUT2D eigenvalue weighted by atomic mass is 10.2. The molecular weight excluding hydrogens is 340 g/mol. The standard InChI is InChI=1S/C19H23ClN2O3/c1-22(13-14-7-5-4-6-8-14)10-9-19(23)21-16-12-17(24-2)15(20)11-18(16)25-3/h4-8,11-12H,9-10,13H2,1-3H3,(H,21,23). The first-order chi connectivity index (χ1) is 12.0. The zero-order valence-corrected chi connectivity index (χ0v) is 15.5. The Kier molecular flexibility index (Phi) is 7.10. The highest BCUT2D eigenvalue weighted by Crippen LogP contribution is 2.35. The van der Waals surface area contributed by atoms with Gasteiger partial charge in [0.1, 0.15) is 11.5 Å². The second-order valence-corrected chi connectivity index (χ2v) is 6.12. The van der Waals surface area contributed by atoms with Gasteiger partial charge in [-0.1, -0.05) is 41.9 Å². The third kappa shape index (κ3) is 5.66. The molecule has 0 fully saturated rings. The van der Waals surface area contributed by atoms with Gasteiger partial charge >= 0.3 is 0 Å². The monoisotopic (exact) mass is 362 g/mol. The molecule has 0 saturated carbocycles. The fraction of sp³-hybridized carbons (Fsp3) is 0.316. The van der Waals surface area contributed by atoms with Crippen LogP contribution in [0.5, 0.6) is 11.5 Å². The highest BCUT2D eigenvalue weighted by molar-refractivity contribution is 6.32. The predicted octanol–water partition coefficient (Wildman–Crippen LogP) is 3.82. The first-order valence-electron chi connectivity index (χ1n) is 7.97. The molecule has 134 valence electrons. The quantitative estimate of drug-likeness (QED) is 0.775. The van der Waals surface area contributed by atoms with Crippen LogP contribution in [0, 0.1) is 0 Å². The number of benzene rings is 2. The second kappa shape index (κ2) is 9.30. The van der Waals surface area contributed by atoms with Crippen LogP contribution >= 0.6 is 11.6 Å². The molecule has 5 nitrogen and oxygen atoms in total. The van der Waals surface area contributed by atoms with Crippen LogP contribution in [0.2, 0.25) is 5.02 Å². The van der Waals surface area contributed by atoms with Crippen molar-refractivity contribution in [3.63, 3.8) is 0 Å². The Labute approximate surface area is 153 Å². The summed E-state index contributed by atoms with van der Waals surface area (Å²) < 4.78 is 10.5. The fourth-order valence-electron chi connectivity index (χ4n) is 2.44. The minimum absolute atomic E-state index is 0.0948. The molecule has 0 atom stereocenters. The van der Waals surface area contributed by atoms with Gasteiger partial charge in [-0.3, -0.25) is 4.79 Å². The lowest BCUT2D eigenvalue weighted by Gasteiger charge is -2.17. The van der Waals surface area contributed by atoms with E-state index in [2.05, 4.69) is 22.3 Å². The number of hydrogen-bond donors (Lipinski definition) is 1. The first kappa shape index (κ1) is 19.1. The molecular formula is C19H23ClN2O3. The molecule has 1 N–H and O–H groups in total. The van der Waals surface area contributed by atoms with E-state index >= 15 is 0 Å². The van der Waals surface area contributed by atoms with Crippen LogP contribution in [-0.4, -0.2) is 38.6 Å². The summed E-state index contributed by atoms with van der Waals surface area (Å²) in [5.74, 6) is 0.887. The Morgan fingerprint density at radius 2 is 1.80 bits per heavy atom.